The van der Waals surface area contributed by atoms with E-state index in [1.165, 1.54) is 12.0 Å². The van der Waals surface area contributed by atoms with Gasteiger partial charge in [-0.2, -0.15) is 0 Å². The summed E-state index contributed by atoms with van der Waals surface area (Å²) < 4.78 is 17.1. The Labute approximate surface area is 194 Å². The van der Waals surface area contributed by atoms with Crippen LogP contribution in [0, 0.1) is 0 Å². The quantitative estimate of drug-likeness (QED) is 0.623. The normalized spacial score (nSPS) is 21.3. The first kappa shape index (κ1) is 22.9. The molecule has 174 valence electrons. The third-order valence-corrected chi connectivity index (χ3v) is 5.64. The molecule has 7 nitrogen and oxygen atoms in total. The molecule has 0 aliphatic carbocycles. The van der Waals surface area contributed by atoms with Crippen molar-refractivity contribution in [3.63, 3.8) is 0 Å². The van der Waals surface area contributed by atoms with Gasteiger partial charge >= 0.3 is 0 Å². The predicted molar refractivity (Wildman–Crippen MR) is 126 cm³/mol. The Morgan fingerprint density at radius 3 is 2.18 bits per heavy atom. The molecule has 2 aromatic rings. The molecule has 33 heavy (non-hydrogen) atoms. The van der Waals surface area contributed by atoms with Crippen LogP contribution in [0.3, 0.4) is 0 Å². The number of para-hydroxylation sites is 2. The van der Waals surface area contributed by atoms with Crippen LogP contribution in [0.25, 0.3) is 5.57 Å². The van der Waals surface area contributed by atoms with Crippen LogP contribution in [-0.4, -0.2) is 55.2 Å². The van der Waals surface area contributed by atoms with Crippen LogP contribution in [0.4, 0.5) is 5.69 Å². The van der Waals surface area contributed by atoms with Gasteiger partial charge in [0.05, 0.1) is 36.7 Å². The molecule has 2 atom stereocenters. The monoisotopic (exact) mass is 450 g/mol. The Hall–Kier alpha value is -3.32. The molecular weight excluding hydrogens is 420 g/mol. The van der Waals surface area contributed by atoms with Gasteiger partial charge in [-0.05, 0) is 57.5 Å². The van der Waals surface area contributed by atoms with Gasteiger partial charge in [0.15, 0.2) is 0 Å². The third-order valence-electron chi connectivity index (χ3n) is 5.64. The van der Waals surface area contributed by atoms with Crippen molar-refractivity contribution in [1.29, 1.82) is 0 Å². The Morgan fingerprint density at radius 2 is 1.58 bits per heavy atom. The number of rotatable bonds is 6. The number of ether oxygens (including phenoxy) is 3. The highest BCUT2D eigenvalue weighted by atomic mass is 16.5. The van der Waals surface area contributed by atoms with E-state index in [1.54, 1.807) is 24.3 Å². The number of methoxy groups -OCH3 is 1. The number of hydrogen-bond donors (Lipinski definition) is 0. The van der Waals surface area contributed by atoms with Crippen molar-refractivity contribution >= 4 is 23.1 Å². The van der Waals surface area contributed by atoms with E-state index >= 15 is 0 Å². The van der Waals surface area contributed by atoms with Gasteiger partial charge in [0.2, 0.25) is 0 Å². The van der Waals surface area contributed by atoms with Gasteiger partial charge in [-0.25, -0.2) is 4.90 Å². The lowest BCUT2D eigenvalue weighted by Crippen LogP contribution is -2.47. The van der Waals surface area contributed by atoms with Crippen LogP contribution in [0.5, 0.6) is 11.5 Å². The highest BCUT2D eigenvalue weighted by molar-refractivity contribution is 6.45. The summed E-state index contributed by atoms with van der Waals surface area (Å²) in [4.78, 5) is 30.7. The number of imide groups is 1. The van der Waals surface area contributed by atoms with Gasteiger partial charge < -0.3 is 19.1 Å². The van der Waals surface area contributed by atoms with Crippen molar-refractivity contribution in [3.05, 3.63) is 59.8 Å². The second-order valence-corrected chi connectivity index (χ2v) is 8.69. The summed E-state index contributed by atoms with van der Waals surface area (Å²) in [7, 11) is 1.53. The molecule has 0 N–H and O–H groups in total. The molecule has 2 aliphatic heterocycles. The number of morpholine rings is 1. The molecule has 0 bridgehead atoms. The van der Waals surface area contributed by atoms with Crippen molar-refractivity contribution < 1.29 is 23.8 Å². The Kier molecular flexibility index (Phi) is 6.42. The van der Waals surface area contributed by atoms with E-state index in [4.69, 9.17) is 14.2 Å². The number of hydrogen-bond acceptors (Lipinski definition) is 6. The van der Waals surface area contributed by atoms with Crippen LogP contribution in [0.1, 0.15) is 33.3 Å². The van der Waals surface area contributed by atoms with Gasteiger partial charge in [-0.1, -0.05) is 24.3 Å². The van der Waals surface area contributed by atoms with Crippen molar-refractivity contribution in [1.82, 2.24) is 4.90 Å². The zero-order valence-electron chi connectivity index (χ0n) is 19.7. The van der Waals surface area contributed by atoms with Crippen molar-refractivity contribution in [2.45, 2.75) is 46.0 Å². The van der Waals surface area contributed by atoms with Crippen LogP contribution in [0.2, 0.25) is 0 Å². The van der Waals surface area contributed by atoms with Crippen LogP contribution in [0.15, 0.2) is 54.2 Å². The maximum atomic E-state index is 13.8. The topological polar surface area (TPSA) is 68.3 Å². The van der Waals surface area contributed by atoms with E-state index in [9.17, 15) is 9.59 Å². The molecule has 2 aliphatic rings. The number of carbonyl (C=O) groups excluding carboxylic acids is 2. The molecule has 0 radical (unpaired) electrons. The SMILES string of the molecule is COc1ccccc1N1C(=O)C(c2ccc(OC(C)C)cc2)=C(N2CC(C)OC(C)C2)C1=O. The molecule has 1 fully saturated rings. The van der Waals surface area contributed by atoms with Gasteiger partial charge in [-0.15, -0.1) is 0 Å². The first-order chi connectivity index (χ1) is 15.8. The summed E-state index contributed by atoms with van der Waals surface area (Å²) in [6.07, 6.45) is -0.0854. The molecular formula is C26H30N2O5. The van der Waals surface area contributed by atoms with E-state index in [2.05, 4.69) is 0 Å². The molecule has 2 aromatic carbocycles. The average molecular weight is 451 g/mol. The molecule has 0 aromatic heterocycles. The summed E-state index contributed by atoms with van der Waals surface area (Å²) in [6, 6.07) is 14.4. The lowest BCUT2D eigenvalue weighted by atomic mass is 10.0. The Morgan fingerprint density at radius 1 is 0.939 bits per heavy atom. The number of amides is 2. The summed E-state index contributed by atoms with van der Waals surface area (Å²) in [5.74, 6) is 0.444. The average Bonchev–Trinajstić information content (AvgIpc) is 3.03. The van der Waals surface area contributed by atoms with Gasteiger partial charge in [-0.3, -0.25) is 9.59 Å². The second kappa shape index (κ2) is 9.27. The van der Waals surface area contributed by atoms with E-state index < -0.39 is 0 Å². The maximum absolute atomic E-state index is 13.8. The van der Waals surface area contributed by atoms with Crippen molar-refractivity contribution in [2.75, 3.05) is 25.1 Å². The highest BCUT2D eigenvalue weighted by Crippen LogP contribution is 2.39. The van der Waals surface area contributed by atoms with Crippen molar-refractivity contribution in [3.8, 4) is 11.5 Å². The Balaban J connectivity index is 1.81. The fourth-order valence-electron chi connectivity index (χ4n) is 4.44. The van der Waals surface area contributed by atoms with Gasteiger partial charge in [0.25, 0.3) is 11.8 Å². The van der Waals surface area contributed by atoms with Crippen LogP contribution in [-0.2, 0) is 14.3 Å². The molecule has 0 spiro atoms. The molecule has 7 heteroatoms. The molecule has 0 saturated carbocycles. The molecule has 4 rings (SSSR count). The summed E-state index contributed by atoms with van der Waals surface area (Å²) in [6.45, 7) is 8.91. The predicted octanol–water partition coefficient (Wildman–Crippen LogP) is 3.88. The highest BCUT2D eigenvalue weighted by Gasteiger charge is 2.44. The third kappa shape index (κ3) is 4.46. The van der Waals surface area contributed by atoms with Crippen LogP contribution < -0.4 is 14.4 Å². The summed E-state index contributed by atoms with van der Waals surface area (Å²) >= 11 is 0. The smallest absolute Gasteiger partial charge is 0.282 e. The molecule has 2 amide bonds. The number of benzene rings is 2. The standard InChI is InChI=1S/C26H30N2O5/c1-16(2)32-20-12-10-19(11-13-20)23-24(27-14-17(3)33-18(4)15-27)26(30)28(25(23)29)21-8-6-7-9-22(21)31-5/h6-13,16-18H,14-15H2,1-5H3. The van der Waals surface area contributed by atoms with E-state index in [-0.39, 0.29) is 30.1 Å². The fourth-order valence-corrected chi connectivity index (χ4v) is 4.44. The zero-order chi connectivity index (χ0) is 23.7. The molecule has 2 unspecified atom stereocenters. The minimum atomic E-state index is -0.371. The minimum absolute atomic E-state index is 0.0395. The Bertz CT molecular complexity index is 1070. The van der Waals surface area contributed by atoms with E-state index in [1.807, 2.05) is 56.9 Å². The van der Waals surface area contributed by atoms with Gasteiger partial charge in [0, 0.05) is 13.1 Å². The first-order valence-corrected chi connectivity index (χ1v) is 11.2. The molecule has 2 heterocycles. The molecule has 1 saturated heterocycles. The lowest BCUT2D eigenvalue weighted by molar-refractivity contribution is -0.121. The maximum Gasteiger partial charge on any atom is 0.282 e. The second-order valence-electron chi connectivity index (χ2n) is 8.69. The van der Waals surface area contributed by atoms with Crippen LogP contribution >= 0.6 is 0 Å². The zero-order valence-corrected chi connectivity index (χ0v) is 19.7. The summed E-state index contributed by atoms with van der Waals surface area (Å²) in [5, 5.41) is 0. The van der Waals surface area contributed by atoms with E-state index in [0.29, 0.717) is 47.1 Å². The lowest BCUT2D eigenvalue weighted by Gasteiger charge is -2.37. The van der Waals surface area contributed by atoms with E-state index in [0.717, 1.165) is 0 Å². The largest absolute Gasteiger partial charge is 0.495 e. The summed E-state index contributed by atoms with van der Waals surface area (Å²) in [5.41, 5.74) is 1.87. The fraction of sp³-hybridized carbons (Fsp3) is 0.385. The van der Waals surface area contributed by atoms with Crippen molar-refractivity contribution in [2.24, 2.45) is 0 Å². The van der Waals surface area contributed by atoms with Gasteiger partial charge in [0.1, 0.15) is 17.2 Å². The number of nitrogens with zero attached hydrogens (tertiary/aromatic N) is 2. The number of anilines is 1. The first-order valence-electron chi connectivity index (χ1n) is 11.2. The number of carbonyl (C=O) groups is 2. The minimum Gasteiger partial charge on any atom is -0.495 e.